The van der Waals surface area contributed by atoms with Gasteiger partial charge < -0.3 is 9.84 Å². The van der Waals surface area contributed by atoms with Gasteiger partial charge in [-0.15, -0.1) is 0 Å². The highest BCUT2D eigenvalue weighted by atomic mass is 19.4. The molecule has 0 amide bonds. The number of ether oxygens (including phenoxy) is 1. The average Bonchev–Trinajstić information content (AvgIpc) is 2.27. The van der Waals surface area contributed by atoms with Gasteiger partial charge >= 0.3 is 6.18 Å². The molecule has 2 nitrogen and oxygen atoms in total. The number of hydrogen-bond acceptors (Lipinski definition) is 2. The van der Waals surface area contributed by atoms with Crippen molar-refractivity contribution in [3.8, 4) is 0 Å². The first kappa shape index (κ1) is 11.8. The Kier molecular flexibility index (Phi) is 3.78. The summed E-state index contributed by atoms with van der Waals surface area (Å²) in [6.45, 7) is 0.892. The topological polar surface area (TPSA) is 29.5 Å². The molecule has 1 fully saturated rings. The van der Waals surface area contributed by atoms with Crippen LogP contribution >= 0.6 is 0 Å². The van der Waals surface area contributed by atoms with E-state index in [0.717, 1.165) is 0 Å². The molecule has 1 rings (SSSR count). The van der Waals surface area contributed by atoms with E-state index in [-0.39, 0.29) is 6.42 Å². The maximum absolute atomic E-state index is 11.9. The van der Waals surface area contributed by atoms with Crippen LogP contribution in [0.2, 0.25) is 0 Å². The molecular weight excluding hydrogens is 197 g/mol. The van der Waals surface area contributed by atoms with E-state index in [1.54, 1.807) is 0 Å². The third-order valence-corrected chi connectivity index (χ3v) is 2.52. The van der Waals surface area contributed by atoms with Crippen LogP contribution in [-0.4, -0.2) is 30.1 Å². The number of aliphatic hydroxyl groups is 1. The molecule has 1 unspecified atom stereocenters. The Bertz CT molecular complexity index is 171. The van der Waals surface area contributed by atoms with Crippen molar-refractivity contribution in [3.05, 3.63) is 0 Å². The average molecular weight is 212 g/mol. The first-order valence-electron chi connectivity index (χ1n) is 4.78. The largest absolute Gasteiger partial charge is 0.390 e. The maximum atomic E-state index is 11.9. The summed E-state index contributed by atoms with van der Waals surface area (Å²) in [6.07, 6.45) is -3.95. The van der Waals surface area contributed by atoms with E-state index in [4.69, 9.17) is 4.74 Å². The van der Waals surface area contributed by atoms with Gasteiger partial charge in [0, 0.05) is 19.6 Å². The summed E-state index contributed by atoms with van der Waals surface area (Å²) in [5.74, 6) is 0. The molecule has 5 heteroatoms. The standard InChI is InChI=1S/C9H15F3O2/c10-9(11,12)4-3-8(13)2-1-6-14-7-5-8/h13H,1-7H2. The number of halogens is 3. The van der Waals surface area contributed by atoms with E-state index in [1.165, 1.54) is 0 Å². The SMILES string of the molecule is OC1(CCC(F)(F)F)CCCOCC1. The van der Waals surface area contributed by atoms with E-state index in [0.29, 0.717) is 32.5 Å². The molecule has 0 aliphatic carbocycles. The van der Waals surface area contributed by atoms with Crippen LogP contribution in [0, 0.1) is 0 Å². The lowest BCUT2D eigenvalue weighted by Crippen LogP contribution is -2.30. The summed E-state index contributed by atoms with van der Waals surface area (Å²) in [5.41, 5.74) is -1.17. The van der Waals surface area contributed by atoms with Crippen LogP contribution in [0.3, 0.4) is 0 Å². The molecule has 1 aliphatic rings. The molecule has 0 spiro atoms. The zero-order valence-electron chi connectivity index (χ0n) is 7.94. The normalized spacial score (nSPS) is 30.0. The van der Waals surface area contributed by atoms with Crippen molar-refractivity contribution >= 4 is 0 Å². The summed E-state index contributed by atoms with van der Waals surface area (Å²) in [5, 5.41) is 9.83. The fourth-order valence-corrected chi connectivity index (χ4v) is 1.62. The molecule has 1 atom stereocenters. The molecule has 1 aliphatic heterocycles. The molecule has 0 bridgehead atoms. The highest BCUT2D eigenvalue weighted by Gasteiger charge is 2.35. The maximum Gasteiger partial charge on any atom is 0.389 e. The van der Waals surface area contributed by atoms with Crippen molar-refractivity contribution in [1.82, 2.24) is 0 Å². The van der Waals surface area contributed by atoms with E-state index < -0.39 is 18.2 Å². The molecular formula is C9H15F3O2. The van der Waals surface area contributed by atoms with Crippen LogP contribution in [0.15, 0.2) is 0 Å². The number of hydrogen-bond donors (Lipinski definition) is 1. The number of rotatable bonds is 2. The minimum absolute atomic E-state index is 0.208. The molecule has 0 aromatic rings. The molecule has 0 aromatic carbocycles. The second-order valence-corrected chi connectivity index (χ2v) is 3.81. The minimum Gasteiger partial charge on any atom is -0.390 e. The summed E-state index contributed by atoms with van der Waals surface area (Å²) >= 11 is 0. The Labute approximate surface area is 81.1 Å². The molecule has 84 valence electrons. The van der Waals surface area contributed by atoms with Gasteiger partial charge in [-0.1, -0.05) is 0 Å². The smallest absolute Gasteiger partial charge is 0.389 e. The van der Waals surface area contributed by atoms with E-state index in [9.17, 15) is 18.3 Å². The van der Waals surface area contributed by atoms with Crippen molar-refractivity contribution < 1.29 is 23.0 Å². The molecule has 0 radical (unpaired) electrons. The van der Waals surface area contributed by atoms with Crippen LogP contribution in [0.25, 0.3) is 0 Å². The number of alkyl halides is 3. The second-order valence-electron chi connectivity index (χ2n) is 3.81. The Balaban J connectivity index is 2.39. The van der Waals surface area contributed by atoms with Gasteiger partial charge in [0.05, 0.1) is 5.60 Å². The lowest BCUT2D eigenvalue weighted by molar-refractivity contribution is -0.148. The minimum atomic E-state index is -4.18. The highest BCUT2D eigenvalue weighted by molar-refractivity contribution is 4.81. The van der Waals surface area contributed by atoms with E-state index >= 15 is 0 Å². The molecule has 0 saturated carbocycles. The third-order valence-electron chi connectivity index (χ3n) is 2.52. The van der Waals surface area contributed by atoms with Crippen molar-refractivity contribution in [1.29, 1.82) is 0 Å². The van der Waals surface area contributed by atoms with Crippen LogP contribution < -0.4 is 0 Å². The van der Waals surface area contributed by atoms with Gasteiger partial charge in [-0.3, -0.25) is 0 Å². The molecule has 0 aromatic heterocycles. The fraction of sp³-hybridized carbons (Fsp3) is 1.00. The van der Waals surface area contributed by atoms with Gasteiger partial charge in [-0.05, 0) is 25.7 Å². The monoisotopic (exact) mass is 212 g/mol. The fourth-order valence-electron chi connectivity index (χ4n) is 1.62. The van der Waals surface area contributed by atoms with Crippen molar-refractivity contribution in [3.63, 3.8) is 0 Å². The van der Waals surface area contributed by atoms with E-state index in [1.807, 2.05) is 0 Å². The molecule has 1 heterocycles. The quantitative estimate of drug-likeness (QED) is 0.760. The van der Waals surface area contributed by atoms with Crippen molar-refractivity contribution in [2.24, 2.45) is 0 Å². The van der Waals surface area contributed by atoms with Crippen molar-refractivity contribution in [2.75, 3.05) is 13.2 Å². The predicted molar refractivity (Wildman–Crippen MR) is 44.9 cm³/mol. The van der Waals surface area contributed by atoms with Gasteiger partial charge in [-0.2, -0.15) is 13.2 Å². The zero-order valence-corrected chi connectivity index (χ0v) is 7.94. The van der Waals surface area contributed by atoms with E-state index in [2.05, 4.69) is 0 Å². The first-order chi connectivity index (χ1) is 6.41. The first-order valence-corrected chi connectivity index (χ1v) is 4.78. The van der Waals surface area contributed by atoms with Crippen LogP contribution in [0.1, 0.15) is 32.1 Å². The summed E-state index contributed by atoms with van der Waals surface area (Å²) in [7, 11) is 0. The Morgan fingerprint density at radius 3 is 2.57 bits per heavy atom. The molecule has 1 saturated heterocycles. The zero-order chi connectivity index (χ0) is 10.7. The van der Waals surface area contributed by atoms with Gasteiger partial charge in [0.1, 0.15) is 0 Å². The Hall–Kier alpha value is -0.290. The lowest BCUT2D eigenvalue weighted by Gasteiger charge is -2.26. The highest BCUT2D eigenvalue weighted by Crippen LogP contribution is 2.31. The summed E-state index contributed by atoms with van der Waals surface area (Å²) in [4.78, 5) is 0. The van der Waals surface area contributed by atoms with Crippen LogP contribution in [0.5, 0.6) is 0 Å². The van der Waals surface area contributed by atoms with Gasteiger partial charge in [-0.25, -0.2) is 0 Å². The molecule has 14 heavy (non-hydrogen) atoms. The Morgan fingerprint density at radius 1 is 1.21 bits per heavy atom. The summed E-state index contributed by atoms with van der Waals surface area (Å²) in [6, 6.07) is 0. The van der Waals surface area contributed by atoms with Crippen LogP contribution in [0.4, 0.5) is 13.2 Å². The van der Waals surface area contributed by atoms with Gasteiger partial charge in [0.25, 0.3) is 0 Å². The predicted octanol–water partition coefficient (Wildman–Crippen LogP) is 2.26. The lowest BCUT2D eigenvalue weighted by atomic mass is 9.90. The van der Waals surface area contributed by atoms with Crippen molar-refractivity contribution in [2.45, 2.75) is 43.9 Å². The Morgan fingerprint density at radius 2 is 1.93 bits per heavy atom. The van der Waals surface area contributed by atoms with Gasteiger partial charge in [0.15, 0.2) is 0 Å². The second kappa shape index (κ2) is 4.49. The molecule has 1 N–H and O–H groups in total. The third kappa shape index (κ3) is 4.28. The van der Waals surface area contributed by atoms with Gasteiger partial charge in [0.2, 0.25) is 0 Å². The summed E-state index contributed by atoms with van der Waals surface area (Å²) < 4.78 is 40.9. The van der Waals surface area contributed by atoms with Crippen LogP contribution in [-0.2, 0) is 4.74 Å².